The minimum atomic E-state index is -0.379. The molecule has 1 amide bonds. The number of esters is 2. The molecule has 82 valence electrons. The van der Waals surface area contributed by atoms with E-state index in [-0.39, 0.29) is 29.7 Å². The molecule has 2 atom stereocenters. The van der Waals surface area contributed by atoms with Gasteiger partial charge in [-0.15, -0.1) is 0 Å². The molecule has 0 spiro atoms. The fourth-order valence-corrected chi connectivity index (χ4v) is 1.58. The van der Waals surface area contributed by atoms with Gasteiger partial charge in [-0.3, -0.25) is 14.4 Å². The number of fused-ring (bicyclic) bond motifs is 1. The van der Waals surface area contributed by atoms with Gasteiger partial charge < -0.3 is 10.5 Å². The third kappa shape index (κ3) is 2.90. The fourth-order valence-electron chi connectivity index (χ4n) is 1.58. The molecule has 1 aliphatic heterocycles. The van der Waals surface area contributed by atoms with Gasteiger partial charge in [-0.2, -0.15) is 0 Å². The zero-order chi connectivity index (χ0) is 11.4. The molecule has 2 unspecified atom stereocenters. The predicted molar refractivity (Wildman–Crippen MR) is 51.3 cm³/mol. The molecule has 0 radical (unpaired) electrons. The lowest BCUT2D eigenvalue weighted by Crippen LogP contribution is -2.17. The van der Waals surface area contributed by atoms with Crippen molar-refractivity contribution in [3.8, 4) is 0 Å². The number of ether oxygens (including phenoxy) is 1. The van der Waals surface area contributed by atoms with Crippen LogP contribution < -0.4 is 5.73 Å². The van der Waals surface area contributed by atoms with Crippen LogP contribution in [-0.2, 0) is 19.1 Å². The first-order valence-corrected chi connectivity index (χ1v) is 4.70. The summed E-state index contributed by atoms with van der Waals surface area (Å²) in [6.45, 7) is 1.31. The Labute approximate surface area is 87.3 Å². The van der Waals surface area contributed by atoms with E-state index in [1.54, 1.807) is 6.08 Å². The van der Waals surface area contributed by atoms with E-state index in [1.807, 2.05) is 6.08 Å². The van der Waals surface area contributed by atoms with E-state index in [0.717, 1.165) is 12.8 Å². The van der Waals surface area contributed by atoms with Crippen LogP contribution >= 0.6 is 0 Å². The molecule has 5 nitrogen and oxygen atoms in total. The van der Waals surface area contributed by atoms with E-state index in [4.69, 9.17) is 0 Å². The minimum Gasteiger partial charge on any atom is -0.392 e. The van der Waals surface area contributed by atoms with Gasteiger partial charge in [-0.1, -0.05) is 12.2 Å². The van der Waals surface area contributed by atoms with Crippen molar-refractivity contribution in [1.29, 1.82) is 0 Å². The molecule has 2 N–H and O–H groups in total. The van der Waals surface area contributed by atoms with Crippen molar-refractivity contribution >= 4 is 17.8 Å². The third-order valence-corrected chi connectivity index (χ3v) is 2.20. The summed E-state index contributed by atoms with van der Waals surface area (Å²) >= 11 is 0. The number of carbonyl (C=O) groups excluding carboxylic acids is 3. The van der Waals surface area contributed by atoms with Crippen LogP contribution in [0.2, 0.25) is 0 Å². The SMILES string of the molecule is CC(N)=O.O=C1OC(=O)C2CCC=CC12. The third-order valence-electron chi connectivity index (χ3n) is 2.20. The Hall–Kier alpha value is -1.65. The van der Waals surface area contributed by atoms with Gasteiger partial charge >= 0.3 is 11.9 Å². The number of cyclic esters (lactones) is 2. The van der Waals surface area contributed by atoms with Crippen molar-refractivity contribution in [2.75, 3.05) is 0 Å². The molecule has 1 heterocycles. The Bertz CT molecular complexity index is 317. The second-order valence-corrected chi connectivity index (χ2v) is 3.49. The van der Waals surface area contributed by atoms with Crippen LogP contribution in [0.25, 0.3) is 0 Å². The summed E-state index contributed by atoms with van der Waals surface area (Å²) in [6.07, 6.45) is 5.34. The molecule has 1 aliphatic carbocycles. The first-order chi connectivity index (χ1) is 7.02. The van der Waals surface area contributed by atoms with E-state index >= 15 is 0 Å². The van der Waals surface area contributed by atoms with Crippen LogP contribution in [-0.4, -0.2) is 17.8 Å². The zero-order valence-corrected chi connectivity index (χ0v) is 8.43. The molecule has 1 saturated heterocycles. The lowest BCUT2D eigenvalue weighted by atomic mass is 9.86. The van der Waals surface area contributed by atoms with Crippen LogP contribution in [0.5, 0.6) is 0 Å². The highest BCUT2D eigenvalue weighted by Gasteiger charge is 2.43. The molecule has 0 aromatic rings. The molecule has 15 heavy (non-hydrogen) atoms. The van der Waals surface area contributed by atoms with E-state index in [2.05, 4.69) is 10.5 Å². The van der Waals surface area contributed by atoms with Gasteiger partial charge in [0.1, 0.15) is 0 Å². The van der Waals surface area contributed by atoms with Crippen LogP contribution in [0.1, 0.15) is 19.8 Å². The summed E-state index contributed by atoms with van der Waals surface area (Å²) < 4.78 is 4.48. The van der Waals surface area contributed by atoms with Gasteiger partial charge in [-0.25, -0.2) is 0 Å². The van der Waals surface area contributed by atoms with Gasteiger partial charge in [0.05, 0.1) is 11.8 Å². The van der Waals surface area contributed by atoms with E-state index in [1.165, 1.54) is 6.92 Å². The average molecular weight is 211 g/mol. The molecule has 5 heteroatoms. The first kappa shape index (κ1) is 11.4. The van der Waals surface area contributed by atoms with Crippen molar-refractivity contribution in [2.24, 2.45) is 17.6 Å². The van der Waals surface area contributed by atoms with Gasteiger partial charge in [0.15, 0.2) is 0 Å². The molecule has 0 aromatic carbocycles. The van der Waals surface area contributed by atoms with Crippen molar-refractivity contribution in [1.82, 2.24) is 0 Å². The van der Waals surface area contributed by atoms with Gasteiger partial charge in [0, 0.05) is 6.92 Å². The fraction of sp³-hybridized carbons (Fsp3) is 0.500. The summed E-state index contributed by atoms with van der Waals surface area (Å²) in [5.41, 5.74) is 4.47. The molecule has 0 bridgehead atoms. The number of carbonyl (C=O) groups is 3. The average Bonchev–Trinajstić information content (AvgIpc) is 2.43. The Balaban J connectivity index is 0.000000245. The molecule has 2 rings (SSSR count). The van der Waals surface area contributed by atoms with Crippen LogP contribution in [0.15, 0.2) is 12.2 Å². The Morgan fingerprint density at radius 3 is 2.60 bits per heavy atom. The highest BCUT2D eigenvalue weighted by Crippen LogP contribution is 2.32. The number of hydrogen-bond acceptors (Lipinski definition) is 4. The molecule has 1 fully saturated rings. The van der Waals surface area contributed by atoms with Crippen LogP contribution in [0, 0.1) is 11.8 Å². The Morgan fingerprint density at radius 1 is 1.47 bits per heavy atom. The number of primary amides is 1. The van der Waals surface area contributed by atoms with Crippen molar-refractivity contribution in [3.05, 3.63) is 12.2 Å². The standard InChI is InChI=1S/C8H8O3.C2H5NO/c9-7-5-3-1-2-4-6(5)8(10)11-7;1-2(3)4/h1,3,5-6H,2,4H2;1H3,(H2,3,4). The number of amides is 1. The normalized spacial score (nSPS) is 27.5. The quantitative estimate of drug-likeness (QED) is 0.351. The van der Waals surface area contributed by atoms with Crippen molar-refractivity contribution < 1.29 is 19.1 Å². The maximum atomic E-state index is 10.9. The summed E-state index contributed by atoms with van der Waals surface area (Å²) in [6, 6.07) is 0. The monoisotopic (exact) mass is 211 g/mol. The van der Waals surface area contributed by atoms with Gasteiger partial charge in [0.2, 0.25) is 5.91 Å². The second kappa shape index (κ2) is 4.72. The Kier molecular flexibility index (Phi) is 3.60. The van der Waals surface area contributed by atoms with Gasteiger partial charge in [0.25, 0.3) is 0 Å². The Morgan fingerprint density at radius 2 is 2.07 bits per heavy atom. The number of nitrogens with two attached hydrogens (primary N) is 1. The smallest absolute Gasteiger partial charge is 0.321 e. The highest BCUT2D eigenvalue weighted by atomic mass is 16.6. The predicted octanol–water partition coefficient (Wildman–Crippen LogP) is 0.144. The summed E-state index contributed by atoms with van der Waals surface area (Å²) in [4.78, 5) is 31.1. The lowest BCUT2D eigenvalue weighted by Gasteiger charge is -2.12. The molecule has 0 saturated carbocycles. The molecule has 0 aromatic heterocycles. The summed E-state index contributed by atoms with van der Waals surface area (Å²) in [7, 11) is 0. The largest absolute Gasteiger partial charge is 0.392 e. The minimum absolute atomic E-state index is 0.188. The zero-order valence-electron chi connectivity index (χ0n) is 8.43. The summed E-state index contributed by atoms with van der Waals surface area (Å²) in [5.74, 6) is -1.52. The highest BCUT2D eigenvalue weighted by molar-refractivity contribution is 5.97. The van der Waals surface area contributed by atoms with E-state index in [9.17, 15) is 14.4 Å². The second-order valence-electron chi connectivity index (χ2n) is 3.49. The number of hydrogen-bond donors (Lipinski definition) is 1. The molecular weight excluding hydrogens is 198 g/mol. The maximum Gasteiger partial charge on any atom is 0.321 e. The first-order valence-electron chi connectivity index (χ1n) is 4.70. The summed E-state index contributed by atoms with van der Waals surface area (Å²) in [5, 5.41) is 0. The van der Waals surface area contributed by atoms with Crippen molar-refractivity contribution in [3.63, 3.8) is 0 Å². The molecular formula is C10H13NO4. The van der Waals surface area contributed by atoms with Crippen molar-refractivity contribution in [2.45, 2.75) is 19.8 Å². The van der Waals surface area contributed by atoms with E-state index in [0.29, 0.717) is 0 Å². The number of allylic oxidation sites excluding steroid dienone is 1. The lowest BCUT2D eigenvalue weighted by molar-refractivity contribution is -0.153. The van der Waals surface area contributed by atoms with Crippen LogP contribution in [0.3, 0.4) is 0 Å². The number of rotatable bonds is 0. The van der Waals surface area contributed by atoms with Gasteiger partial charge in [-0.05, 0) is 12.8 Å². The van der Waals surface area contributed by atoms with E-state index < -0.39 is 0 Å². The molecule has 2 aliphatic rings. The maximum absolute atomic E-state index is 10.9. The topological polar surface area (TPSA) is 86.5 Å². The van der Waals surface area contributed by atoms with Crippen LogP contribution in [0.4, 0.5) is 0 Å².